The van der Waals surface area contributed by atoms with Crippen molar-refractivity contribution in [2.24, 2.45) is 0 Å². The van der Waals surface area contributed by atoms with Crippen LogP contribution in [-0.2, 0) is 20.0 Å². The molecular weight excluding hydrogens is 554 g/mol. The lowest BCUT2D eigenvalue weighted by molar-refractivity contribution is 0.395. The normalized spacial score (nSPS) is 13.3. The van der Waals surface area contributed by atoms with E-state index in [0.29, 0.717) is 28.2 Å². The average Bonchev–Trinajstić information content (AvgIpc) is 2.97. The van der Waals surface area contributed by atoms with E-state index in [4.69, 9.17) is 9.47 Å². The van der Waals surface area contributed by atoms with E-state index in [1.54, 1.807) is 60.7 Å². The Morgan fingerprint density at radius 1 is 0.775 bits per heavy atom. The van der Waals surface area contributed by atoms with E-state index in [1.165, 1.54) is 49.0 Å². The molecule has 0 amide bonds. The van der Waals surface area contributed by atoms with E-state index >= 15 is 0 Å². The van der Waals surface area contributed by atoms with Gasteiger partial charge in [-0.3, -0.25) is 9.03 Å². The molecule has 1 aliphatic rings. The van der Waals surface area contributed by atoms with Crippen LogP contribution in [0, 0.1) is 0 Å². The molecule has 0 spiro atoms. The molecule has 40 heavy (non-hydrogen) atoms. The van der Waals surface area contributed by atoms with Gasteiger partial charge in [0.25, 0.3) is 20.0 Å². The summed E-state index contributed by atoms with van der Waals surface area (Å²) < 4.78 is 66.9. The fourth-order valence-electron chi connectivity index (χ4n) is 3.92. The van der Waals surface area contributed by atoms with Crippen LogP contribution in [0.4, 0.5) is 17.3 Å². The monoisotopic (exact) mass is 579 g/mol. The van der Waals surface area contributed by atoms with Crippen molar-refractivity contribution in [3.05, 3.63) is 91.2 Å². The maximum absolute atomic E-state index is 13.4. The third-order valence-electron chi connectivity index (χ3n) is 5.94. The zero-order valence-corrected chi connectivity index (χ0v) is 23.1. The highest BCUT2D eigenvalue weighted by Crippen LogP contribution is 2.31. The van der Waals surface area contributed by atoms with Gasteiger partial charge in [0.1, 0.15) is 11.5 Å². The molecule has 0 unspecified atom stereocenters. The first kappa shape index (κ1) is 27.0. The fraction of sp³-hybridized carbons (Fsp3) is 0.111. The Kier molecular flexibility index (Phi) is 7.32. The number of fused-ring (bicyclic) bond motifs is 1. The van der Waals surface area contributed by atoms with Gasteiger partial charge in [0.15, 0.2) is 11.6 Å². The number of para-hydroxylation sites is 2. The van der Waals surface area contributed by atoms with Gasteiger partial charge in [-0.25, -0.2) is 26.8 Å². The molecule has 13 heteroatoms. The summed E-state index contributed by atoms with van der Waals surface area (Å²) in [6.45, 7) is 0.190. The number of rotatable bonds is 9. The fourth-order valence-corrected chi connectivity index (χ4v) is 6.19. The Morgan fingerprint density at radius 2 is 1.38 bits per heavy atom. The summed E-state index contributed by atoms with van der Waals surface area (Å²) in [5, 5.41) is 3.10. The molecule has 206 valence electrons. The minimum Gasteiger partial charge on any atom is -0.497 e. The van der Waals surface area contributed by atoms with Crippen molar-refractivity contribution in [2.45, 2.75) is 9.79 Å². The second kappa shape index (κ2) is 10.9. The van der Waals surface area contributed by atoms with E-state index in [1.807, 2.05) is 0 Å². The largest absolute Gasteiger partial charge is 0.497 e. The van der Waals surface area contributed by atoms with Gasteiger partial charge >= 0.3 is 0 Å². The topological polar surface area (TPSA) is 140 Å². The van der Waals surface area contributed by atoms with Crippen LogP contribution in [0.1, 0.15) is 0 Å². The average molecular weight is 580 g/mol. The van der Waals surface area contributed by atoms with Crippen LogP contribution < -0.4 is 19.5 Å². The van der Waals surface area contributed by atoms with E-state index in [9.17, 15) is 16.8 Å². The first-order valence-corrected chi connectivity index (χ1v) is 14.9. The summed E-state index contributed by atoms with van der Waals surface area (Å²) in [5.74, 6) is 1.12. The Morgan fingerprint density at radius 3 is 1.95 bits per heavy atom. The molecule has 5 rings (SSSR count). The molecule has 1 aromatic heterocycles. The smallest absolute Gasteiger partial charge is 0.264 e. The van der Waals surface area contributed by atoms with Gasteiger partial charge in [-0.15, -0.1) is 0 Å². The van der Waals surface area contributed by atoms with Crippen LogP contribution in [0.3, 0.4) is 0 Å². The van der Waals surface area contributed by atoms with E-state index in [-0.39, 0.29) is 28.0 Å². The Balaban J connectivity index is 1.48. The van der Waals surface area contributed by atoms with Crippen LogP contribution in [-0.4, -0.2) is 51.9 Å². The van der Waals surface area contributed by atoms with E-state index < -0.39 is 20.0 Å². The quantitative estimate of drug-likeness (QED) is 0.298. The van der Waals surface area contributed by atoms with Crippen LogP contribution >= 0.6 is 0 Å². The number of ether oxygens (including phenoxy) is 2. The maximum atomic E-state index is 13.4. The van der Waals surface area contributed by atoms with E-state index in [0.717, 1.165) is 0 Å². The molecule has 0 radical (unpaired) electrons. The van der Waals surface area contributed by atoms with Gasteiger partial charge < -0.3 is 14.8 Å². The van der Waals surface area contributed by atoms with Crippen molar-refractivity contribution in [3.63, 3.8) is 0 Å². The highest BCUT2D eigenvalue weighted by Gasteiger charge is 2.24. The van der Waals surface area contributed by atoms with Gasteiger partial charge in [0, 0.05) is 30.1 Å². The van der Waals surface area contributed by atoms with Crippen molar-refractivity contribution in [2.75, 3.05) is 30.8 Å². The third-order valence-corrected chi connectivity index (χ3v) is 9.05. The number of anilines is 3. The number of benzene rings is 3. The maximum Gasteiger partial charge on any atom is 0.264 e. The number of methoxy groups -OCH3 is 2. The number of nitrogens with zero attached hydrogens (tertiary/aromatic N) is 3. The molecule has 1 aliphatic heterocycles. The second-order valence-electron chi connectivity index (χ2n) is 8.56. The number of nitrogens with one attached hydrogen (secondary N) is 2. The zero-order chi connectivity index (χ0) is 28.3. The molecule has 0 aliphatic carbocycles. The van der Waals surface area contributed by atoms with Crippen molar-refractivity contribution in [1.82, 2.24) is 14.3 Å². The predicted molar refractivity (Wildman–Crippen MR) is 152 cm³/mol. The number of hydrogen-bond donors (Lipinski definition) is 2. The number of aromatic nitrogens is 2. The van der Waals surface area contributed by atoms with Crippen LogP contribution in [0.5, 0.6) is 11.5 Å². The number of allylic oxidation sites excluding steroid dienone is 2. The third kappa shape index (κ3) is 5.55. The van der Waals surface area contributed by atoms with Crippen molar-refractivity contribution in [3.8, 4) is 11.5 Å². The van der Waals surface area contributed by atoms with Gasteiger partial charge in [-0.1, -0.05) is 24.3 Å². The zero-order valence-electron chi connectivity index (χ0n) is 21.5. The molecular formula is C27H25N5O6S2. The Hall–Kier alpha value is -4.62. The van der Waals surface area contributed by atoms with Crippen LogP contribution in [0.2, 0.25) is 0 Å². The molecule has 3 aromatic carbocycles. The highest BCUT2D eigenvalue weighted by atomic mass is 32.2. The standard InChI is InChI=1S/C27H25N5O6S2/c1-37-20-16-19(17-21(18-20)38-2)28-26-27(30-25-9-5-4-8-24(25)29-26)31-39(33,34)22-10-12-23(13-11-22)40(35,36)32-14-6-3-7-15-32/h3-14,16-18H,15H2,1-2H3,(H,28,29)(H,30,31). The molecule has 0 saturated heterocycles. The Labute approximate surface area is 231 Å². The first-order valence-electron chi connectivity index (χ1n) is 11.9. The Bertz CT molecular complexity index is 1820. The molecule has 11 nitrogen and oxygen atoms in total. The van der Waals surface area contributed by atoms with Gasteiger partial charge in [-0.05, 0) is 42.5 Å². The molecule has 2 heterocycles. The SMILES string of the molecule is COc1cc(Nc2nc3ccccc3nc2NS(=O)(=O)c2ccc(S(=O)(=O)N3C=CC=CC3)cc2)cc(OC)c1. The summed E-state index contributed by atoms with van der Waals surface area (Å²) in [7, 11) is -4.98. The van der Waals surface area contributed by atoms with Crippen molar-refractivity contribution >= 4 is 48.4 Å². The van der Waals surface area contributed by atoms with Crippen molar-refractivity contribution in [1.29, 1.82) is 0 Å². The minimum atomic E-state index is -4.18. The molecule has 0 saturated carbocycles. The highest BCUT2D eigenvalue weighted by molar-refractivity contribution is 7.92. The van der Waals surface area contributed by atoms with Crippen molar-refractivity contribution < 1.29 is 26.3 Å². The molecule has 0 atom stereocenters. The lowest BCUT2D eigenvalue weighted by Gasteiger charge is -2.20. The summed E-state index contributed by atoms with van der Waals surface area (Å²) in [6, 6.07) is 17.1. The van der Waals surface area contributed by atoms with Crippen LogP contribution in [0.15, 0.2) is 101 Å². The lowest BCUT2D eigenvalue weighted by atomic mass is 10.2. The number of hydrogen-bond acceptors (Lipinski definition) is 9. The second-order valence-corrected chi connectivity index (χ2v) is 12.1. The van der Waals surface area contributed by atoms with Gasteiger partial charge in [0.2, 0.25) is 0 Å². The predicted octanol–water partition coefficient (Wildman–Crippen LogP) is 4.27. The molecule has 4 aromatic rings. The van der Waals surface area contributed by atoms with E-state index in [2.05, 4.69) is 20.0 Å². The summed E-state index contributed by atoms with van der Waals surface area (Å²) >= 11 is 0. The summed E-state index contributed by atoms with van der Waals surface area (Å²) in [6.07, 6.45) is 6.52. The molecule has 0 fully saturated rings. The molecule has 0 bridgehead atoms. The summed E-state index contributed by atoms with van der Waals surface area (Å²) in [4.78, 5) is 8.88. The summed E-state index contributed by atoms with van der Waals surface area (Å²) in [5.41, 5.74) is 1.54. The van der Waals surface area contributed by atoms with Crippen LogP contribution in [0.25, 0.3) is 11.0 Å². The minimum absolute atomic E-state index is 0.0359. The van der Waals surface area contributed by atoms with Gasteiger partial charge in [0.05, 0.1) is 41.6 Å². The van der Waals surface area contributed by atoms with Gasteiger partial charge in [-0.2, -0.15) is 0 Å². The first-order chi connectivity index (χ1) is 19.2. The lowest BCUT2D eigenvalue weighted by Crippen LogP contribution is -2.27. The number of sulfonamides is 2. The molecule has 2 N–H and O–H groups in total.